The highest BCUT2D eigenvalue weighted by Crippen LogP contribution is 2.31. The lowest BCUT2D eigenvalue weighted by Crippen LogP contribution is -2.10. The molecule has 118 valence electrons. The molecule has 0 amide bonds. The molecule has 0 aliphatic rings. The van der Waals surface area contributed by atoms with Gasteiger partial charge in [0.25, 0.3) is 0 Å². The molecule has 3 rings (SSSR count). The highest BCUT2D eigenvalue weighted by molar-refractivity contribution is 6.17. The van der Waals surface area contributed by atoms with Crippen LogP contribution >= 0.6 is 0 Å². The fourth-order valence-corrected chi connectivity index (χ4v) is 3.14. The first kappa shape index (κ1) is 15.5. The van der Waals surface area contributed by atoms with Crippen molar-refractivity contribution in [2.75, 3.05) is 0 Å². The fourth-order valence-electron chi connectivity index (χ4n) is 3.14. The number of rotatable bonds is 4. The smallest absolute Gasteiger partial charge is 0.195 e. The molecule has 3 aromatic rings. The highest BCUT2D eigenvalue weighted by Gasteiger charge is 2.23. The molecule has 2 aromatic carbocycles. The van der Waals surface area contributed by atoms with E-state index >= 15 is 0 Å². The van der Waals surface area contributed by atoms with Crippen LogP contribution in [0.4, 0.5) is 0 Å². The standard InChI is InChI=1S/C20H21NO2/c1-4-18(22)21-14(3)19(16-12-13(2)10-11-17(16)21)20(23)15-8-6-5-7-9-15/h5-12,18,22H,4H2,1-3H3. The zero-order valence-electron chi connectivity index (χ0n) is 13.7. The van der Waals surface area contributed by atoms with Crippen LogP contribution in [0.1, 0.15) is 46.8 Å². The van der Waals surface area contributed by atoms with Gasteiger partial charge in [0.1, 0.15) is 6.23 Å². The highest BCUT2D eigenvalue weighted by atomic mass is 16.3. The number of carbonyl (C=O) groups is 1. The molecule has 0 bridgehead atoms. The van der Waals surface area contributed by atoms with Crippen LogP contribution in [-0.4, -0.2) is 15.5 Å². The molecule has 1 N–H and O–H groups in total. The van der Waals surface area contributed by atoms with Crippen molar-refractivity contribution in [3.63, 3.8) is 0 Å². The number of carbonyl (C=O) groups excluding carboxylic acids is 1. The summed E-state index contributed by atoms with van der Waals surface area (Å²) in [4.78, 5) is 13.0. The van der Waals surface area contributed by atoms with Gasteiger partial charge < -0.3 is 9.67 Å². The normalized spacial score (nSPS) is 12.5. The Hall–Kier alpha value is -2.39. The number of benzene rings is 2. The maximum atomic E-state index is 13.0. The summed E-state index contributed by atoms with van der Waals surface area (Å²) in [5.41, 5.74) is 4.17. The van der Waals surface area contributed by atoms with Gasteiger partial charge in [-0.25, -0.2) is 0 Å². The Morgan fingerprint density at radius 1 is 1.13 bits per heavy atom. The Balaban J connectivity index is 2.30. The van der Waals surface area contributed by atoms with Gasteiger partial charge in [0.05, 0.1) is 11.1 Å². The van der Waals surface area contributed by atoms with Crippen molar-refractivity contribution in [3.05, 3.63) is 70.9 Å². The first-order valence-electron chi connectivity index (χ1n) is 7.93. The second kappa shape index (κ2) is 6.01. The van der Waals surface area contributed by atoms with E-state index in [1.807, 2.05) is 73.9 Å². The lowest BCUT2D eigenvalue weighted by atomic mass is 10.00. The SMILES string of the molecule is CCC(O)n1c(C)c(C(=O)c2ccccc2)c2cc(C)ccc21. The molecule has 0 aliphatic heterocycles. The first-order valence-corrected chi connectivity index (χ1v) is 7.93. The molecule has 1 unspecified atom stereocenters. The summed E-state index contributed by atoms with van der Waals surface area (Å²) in [5.74, 6) is 0.000697. The molecular formula is C20H21NO2. The summed E-state index contributed by atoms with van der Waals surface area (Å²) in [7, 11) is 0. The summed E-state index contributed by atoms with van der Waals surface area (Å²) >= 11 is 0. The Morgan fingerprint density at radius 2 is 1.83 bits per heavy atom. The second-order valence-corrected chi connectivity index (χ2v) is 5.94. The number of hydrogen-bond acceptors (Lipinski definition) is 2. The topological polar surface area (TPSA) is 42.2 Å². The van der Waals surface area contributed by atoms with Crippen molar-refractivity contribution in [2.45, 2.75) is 33.4 Å². The van der Waals surface area contributed by atoms with E-state index in [0.717, 1.165) is 22.2 Å². The van der Waals surface area contributed by atoms with E-state index in [0.29, 0.717) is 17.5 Å². The zero-order valence-corrected chi connectivity index (χ0v) is 13.7. The average molecular weight is 307 g/mol. The maximum Gasteiger partial charge on any atom is 0.195 e. The summed E-state index contributed by atoms with van der Waals surface area (Å²) in [5, 5.41) is 11.3. The van der Waals surface area contributed by atoms with Gasteiger partial charge in [-0.2, -0.15) is 0 Å². The zero-order chi connectivity index (χ0) is 16.6. The van der Waals surface area contributed by atoms with Crippen molar-refractivity contribution in [1.82, 2.24) is 4.57 Å². The predicted molar refractivity (Wildman–Crippen MR) is 92.8 cm³/mol. The van der Waals surface area contributed by atoms with Crippen LogP contribution in [0, 0.1) is 13.8 Å². The third kappa shape index (κ3) is 2.57. The molecule has 1 aromatic heterocycles. The third-order valence-electron chi connectivity index (χ3n) is 4.33. The number of aromatic nitrogens is 1. The Morgan fingerprint density at radius 3 is 2.48 bits per heavy atom. The van der Waals surface area contributed by atoms with Crippen LogP contribution in [0.2, 0.25) is 0 Å². The van der Waals surface area contributed by atoms with Crippen LogP contribution < -0.4 is 0 Å². The lowest BCUT2D eigenvalue weighted by molar-refractivity contribution is 0.100. The molecule has 0 fully saturated rings. The first-order chi connectivity index (χ1) is 11.0. The minimum absolute atomic E-state index is 0.000697. The number of aliphatic hydroxyl groups is 1. The number of ketones is 1. The predicted octanol–water partition coefficient (Wildman–Crippen LogP) is 4.39. The minimum Gasteiger partial charge on any atom is -0.373 e. The van der Waals surface area contributed by atoms with Gasteiger partial charge in [0.2, 0.25) is 0 Å². The van der Waals surface area contributed by atoms with Gasteiger partial charge in [-0.3, -0.25) is 4.79 Å². The van der Waals surface area contributed by atoms with Crippen molar-refractivity contribution in [1.29, 1.82) is 0 Å². The molecule has 23 heavy (non-hydrogen) atoms. The van der Waals surface area contributed by atoms with Crippen molar-refractivity contribution < 1.29 is 9.90 Å². The van der Waals surface area contributed by atoms with Crippen LogP contribution in [0.25, 0.3) is 10.9 Å². The molecule has 0 saturated heterocycles. The van der Waals surface area contributed by atoms with E-state index in [1.54, 1.807) is 0 Å². The molecule has 3 heteroatoms. The lowest BCUT2D eigenvalue weighted by Gasteiger charge is -2.14. The second-order valence-electron chi connectivity index (χ2n) is 5.94. The number of fused-ring (bicyclic) bond motifs is 1. The quantitative estimate of drug-likeness (QED) is 0.726. The molecule has 0 saturated carbocycles. The van der Waals surface area contributed by atoms with E-state index in [1.165, 1.54) is 0 Å². The van der Waals surface area contributed by atoms with Crippen molar-refractivity contribution >= 4 is 16.7 Å². The number of aryl methyl sites for hydroxylation is 1. The Kier molecular flexibility index (Phi) is 4.05. The van der Waals surface area contributed by atoms with E-state index in [9.17, 15) is 9.90 Å². The van der Waals surface area contributed by atoms with Crippen LogP contribution in [0.15, 0.2) is 48.5 Å². The summed E-state index contributed by atoms with van der Waals surface area (Å²) in [6.45, 7) is 5.85. The Labute approximate surface area is 136 Å². The van der Waals surface area contributed by atoms with Gasteiger partial charge in [-0.15, -0.1) is 0 Å². The van der Waals surface area contributed by atoms with E-state index in [4.69, 9.17) is 0 Å². The number of hydrogen-bond donors (Lipinski definition) is 1. The van der Waals surface area contributed by atoms with E-state index in [2.05, 4.69) is 0 Å². The fraction of sp³-hybridized carbons (Fsp3) is 0.250. The molecule has 0 spiro atoms. The van der Waals surface area contributed by atoms with Crippen molar-refractivity contribution in [2.24, 2.45) is 0 Å². The van der Waals surface area contributed by atoms with E-state index < -0.39 is 6.23 Å². The molecule has 1 heterocycles. The van der Waals surface area contributed by atoms with Gasteiger partial charge in [-0.1, -0.05) is 48.9 Å². The third-order valence-corrected chi connectivity index (χ3v) is 4.33. The summed E-state index contributed by atoms with van der Waals surface area (Å²) in [6, 6.07) is 15.3. The molecule has 0 radical (unpaired) electrons. The Bertz CT molecular complexity index is 862. The van der Waals surface area contributed by atoms with Crippen LogP contribution in [0.3, 0.4) is 0 Å². The van der Waals surface area contributed by atoms with Crippen LogP contribution in [-0.2, 0) is 0 Å². The average Bonchev–Trinajstić information content (AvgIpc) is 2.85. The van der Waals surface area contributed by atoms with Crippen LogP contribution in [0.5, 0.6) is 0 Å². The molecule has 1 atom stereocenters. The number of aliphatic hydroxyl groups excluding tert-OH is 1. The van der Waals surface area contributed by atoms with Gasteiger partial charge in [0, 0.05) is 16.6 Å². The minimum atomic E-state index is -0.627. The van der Waals surface area contributed by atoms with Gasteiger partial charge in [0.15, 0.2) is 5.78 Å². The van der Waals surface area contributed by atoms with E-state index in [-0.39, 0.29) is 5.78 Å². The molecule has 0 aliphatic carbocycles. The van der Waals surface area contributed by atoms with Gasteiger partial charge in [-0.05, 0) is 32.4 Å². The monoisotopic (exact) mass is 307 g/mol. The molecular weight excluding hydrogens is 286 g/mol. The molecule has 3 nitrogen and oxygen atoms in total. The van der Waals surface area contributed by atoms with Gasteiger partial charge >= 0.3 is 0 Å². The largest absolute Gasteiger partial charge is 0.373 e. The number of nitrogens with zero attached hydrogens (tertiary/aromatic N) is 1. The summed E-state index contributed by atoms with van der Waals surface area (Å²) < 4.78 is 1.87. The summed E-state index contributed by atoms with van der Waals surface area (Å²) in [6.07, 6.45) is -0.0326. The maximum absolute atomic E-state index is 13.0. The van der Waals surface area contributed by atoms with Crippen molar-refractivity contribution in [3.8, 4) is 0 Å².